The van der Waals surface area contributed by atoms with Crippen LogP contribution in [0.3, 0.4) is 0 Å². The molecule has 0 aliphatic rings. The number of hydrogen-bond acceptors (Lipinski definition) is 5. The number of nitrogens with one attached hydrogen (secondary N) is 1. The van der Waals surface area contributed by atoms with Crippen molar-refractivity contribution in [2.45, 2.75) is 26.1 Å². The number of alkyl halides is 3. The molecule has 1 unspecified atom stereocenters. The lowest BCUT2D eigenvalue weighted by Gasteiger charge is -2.17. The lowest BCUT2D eigenvalue weighted by Crippen LogP contribution is -2.24. The van der Waals surface area contributed by atoms with Gasteiger partial charge >= 0.3 is 6.18 Å². The summed E-state index contributed by atoms with van der Waals surface area (Å²) >= 11 is 0. The SMILES string of the molecule is CCOc1ccc(Oc2ccc(C(F)(F)F)cc2NC(=O)C(C)n2cncn2)cc1. The van der Waals surface area contributed by atoms with E-state index in [1.165, 1.54) is 17.3 Å². The first-order valence-electron chi connectivity index (χ1n) is 9.05. The predicted octanol–water partition coefficient (Wildman–Crippen LogP) is 4.69. The monoisotopic (exact) mass is 420 g/mol. The fourth-order valence-electron chi connectivity index (χ4n) is 2.57. The number of aromatic nitrogens is 3. The highest BCUT2D eigenvalue weighted by Gasteiger charge is 2.31. The molecule has 0 spiro atoms. The molecular formula is C20H19F3N4O3. The summed E-state index contributed by atoms with van der Waals surface area (Å²) < 4.78 is 51.9. The molecule has 30 heavy (non-hydrogen) atoms. The van der Waals surface area contributed by atoms with E-state index < -0.39 is 23.7 Å². The van der Waals surface area contributed by atoms with Crippen LogP contribution in [0.2, 0.25) is 0 Å². The van der Waals surface area contributed by atoms with Gasteiger partial charge in [0.2, 0.25) is 5.91 Å². The summed E-state index contributed by atoms with van der Waals surface area (Å²) in [5, 5.41) is 6.36. The van der Waals surface area contributed by atoms with E-state index in [1.807, 2.05) is 6.92 Å². The molecule has 10 heteroatoms. The lowest BCUT2D eigenvalue weighted by molar-refractivity contribution is -0.137. The summed E-state index contributed by atoms with van der Waals surface area (Å²) in [4.78, 5) is 16.3. The van der Waals surface area contributed by atoms with Crippen LogP contribution in [0.25, 0.3) is 0 Å². The van der Waals surface area contributed by atoms with Crippen molar-refractivity contribution in [1.29, 1.82) is 0 Å². The quantitative estimate of drug-likeness (QED) is 0.600. The molecule has 2 aromatic carbocycles. The molecule has 0 aliphatic carbocycles. The van der Waals surface area contributed by atoms with Crippen molar-refractivity contribution in [1.82, 2.24) is 14.8 Å². The largest absolute Gasteiger partial charge is 0.494 e. The summed E-state index contributed by atoms with van der Waals surface area (Å²) in [5.41, 5.74) is -1.03. The average Bonchev–Trinajstić information content (AvgIpc) is 3.24. The summed E-state index contributed by atoms with van der Waals surface area (Å²) in [5.74, 6) is 0.494. The number of nitrogens with zero attached hydrogens (tertiary/aromatic N) is 3. The summed E-state index contributed by atoms with van der Waals surface area (Å²) in [6.45, 7) is 3.89. The molecule has 0 radical (unpaired) electrons. The number of carbonyl (C=O) groups is 1. The van der Waals surface area contributed by atoms with Crippen molar-refractivity contribution in [3.8, 4) is 17.2 Å². The Morgan fingerprint density at radius 2 is 1.87 bits per heavy atom. The van der Waals surface area contributed by atoms with Crippen LogP contribution in [0.15, 0.2) is 55.1 Å². The Kier molecular flexibility index (Phi) is 6.24. The Morgan fingerprint density at radius 1 is 1.17 bits per heavy atom. The second-order valence-electron chi connectivity index (χ2n) is 6.26. The molecule has 1 amide bonds. The van der Waals surface area contributed by atoms with Crippen molar-refractivity contribution in [3.63, 3.8) is 0 Å². The zero-order valence-electron chi connectivity index (χ0n) is 16.2. The van der Waals surface area contributed by atoms with Crippen LogP contribution in [-0.2, 0) is 11.0 Å². The van der Waals surface area contributed by atoms with E-state index in [1.54, 1.807) is 31.2 Å². The third kappa shape index (κ3) is 5.07. The first-order chi connectivity index (χ1) is 14.3. The maximum absolute atomic E-state index is 13.2. The summed E-state index contributed by atoms with van der Waals surface area (Å²) in [6.07, 6.45) is -1.98. The van der Waals surface area contributed by atoms with Crippen molar-refractivity contribution >= 4 is 11.6 Å². The highest BCUT2D eigenvalue weighted by atomic mass is 19.4. The average molecular weight is 420 g/mol. The second-order valence-corrected chi connectivity index (χ2v) is 6.26. The minimum atomic E-state index is -4.57. The van der Waals surface area contributed by atoms with Crippen LogP contribution < -0.4 is 14.8 Å². The number of rotatable bonds is 7. The Labute approximate surface area is 170 Å². The molecule has 1 N–H and O–H groups in total. The van der Waals surface area contributed by atoms with E-state index in [2.05, 4.69) is 15.4 Å². The first kappa shape index (κ1) is 21.2. The standard InChI is InChI=1S/C20H19F3N4O3/c1-3-29-15-5-7-16(8-6-15)30-18-9-4-14(20(21,22)23)10-17(18)26-19(28)13(2)27-12-24-11-25-27/h4-13H,3H2,1-2H3,(H,26,28). The molecule has 3 aromatic rings. The van der Waals surface area contributed by atoms with E-state index in [0.717, 1.165) is 18.2 Å². The molecule has 0 fully saturated rings. The van der Waals surface area contributed by atoms with Crippen LogP contribution in [0.1, 0.15) is 25.5 Å². The Balaban J connectivity index is 1.87. The van der Waals surface area contributed by atoms with Crippen LogP contribution in [0.4, 0.5) is 18.9 Å². The molecule has 158 valence electrons. The molecule has 1 heterocycles. The fourth-order valence-corrected chi connectivity index (χ4v) is 2.57. The van der Waals surface area contributed by atoms with E-state index in [0.29, 0.717) is 18.1 Å². The van der Waals surface area contributed by atoms with E-state index in [9.17, 15) is 18.0 Å². The number of anilines is 1. The number of carbonyl (C=O) groups excluding carboxylic acids is 1. The van der Waals surface area contributed by atoms with Crippen LogP contribution in [-0.4, -0.2) is 27.3 Å². The van der Waals surface area contributed by atoms with Gasteiger partial charge in [-0.2, -0.15) is 18.3 Å². The number of hydrogen-bond donors (Lipinski definition) is 1. The van der Waals surface area contributed by atoms with Gasteiger partial charge in [0, 0.05) is 0 Å². The van der Waals surface area contributed by atoms with Crippen molar-refractivity contribution in [2.24, 2.45) is 0 Å². The predicted molar refractivity (Wildman–Crippen MR) is 102 cm³/mol. The van der Waals surface area contributed by atoms with Crippen LogP contribution >= 0.6 is 0 Å². The van der Waals surface area contributed by atoms with E-state index >= 15 is 0 Å². The third-order valence-corrected chi connectivity index (χ3v) is 4.14. The Hall–Kier alpha value is -3.56. The van der Waals surface area contributed by atoms with Gasteiger partial charge in [0.15, 0.2) is 5.75 Å². The molecule has 7 nitrogen and oxygen atoms in total. The molecule has 1 aromatic heterocycles. The fraction of sp³-hybridized carbons (Fsp3) is 0.250. The van der Waals surface area contributed by atoms with Gasteiger partial charge in [0.1, 0.15) is 30.2 Å². The summed E-state index contributed by atoms with van der Waals surface area (Å²) in [7, 11) is 0. The van der Waals surface area contributed by atoms with Crippen LogP contribution in [0, 0.1) is 0 Å². The number of halogens is 3. The highest BCUT2D eigenvalue weighted by molar-refractivity contribution is 5.95. The minimum absolute atomic E-state index is 0.0614. The highest BCUT2D eigenvalue weighted by Crippen LogP contribution is 2.37. The maximum atomic E-state index is 13.2. The maximum Gasteiger partial charge on any atom is 0.416 e. The lowest BCUT2D eigenvalue weighted by atomic mass is 10.1. The molecule has 0 saturated heterocycles. The third-order valence-electron chi connectivity index (χ3n) is 4.14. The number of amides is 1. The van der Waals surface area contributed by atoms with Crippen molar-refractivity contribution < 1.29 is 27.4 Å². The van der Waals surface area contributed by atoms with Gasteiger partial charge in [-0.15, -0.1) is 0 Å². The molecular weight excluding hydrogens is 401 g/mol. The Bertz CT molecular complexity index is 990. The smallest absolute Gasteiger partial charge is 0.416 e. The van der Waals surface area contributed by atoms with Gasteiger partial charge in [-0.25, -0.2) is 9.67 Å². The molecule has 0 aliphatic heterocycles. The molecule has 0 saturated carbocycles. The molecule has 0 bridgehead atoms. The zero-order valence-corrected chi connectivity index (χ0v) is 16.2. The second kappa shape index (κ2) is 8.85. The molecule has 3 rings (SSSR count). The minimum Gasteiger partial charge on any atom is -0.494 e. The van der Waals surface area contributed by atoms with Gasteiger partial charge in [0.25, 0.3) is 0 Å². The topological polar surface area (TPSA) is 78.3 Å². The zero-order chi connectivity index (χ0) is 21.7. The molecule has 1 atom stereocenters. The normalized spacial score (nSPS) is 12.3. The van der Waals surface area contributed by atoms with Gasteiger partial charge in [-0.3, -0.25) is 4.79 Å². The van der Waals surface area contributed by atoms with E-state index in [-0.39, 0.29) is 11.4 Å². The summed E-state index contributed by atoms with van der Waals surface area (Å²) in [6, 6.07) is 8.67. The number of ether oxygens (including phenoxy) is 2. The van der Waals surface area contributed by atoms with Crippen molar-refractivity contribution in [2.75, 3.05) is 11.9 Å². The number of benzene rings is 2. The first-order valence-corrected chi connectivity index (χ1v) is 9.05. The van der Waals surface area contributed by atoms with E-state index in [4.69, 9.17) is 9.47 Å². The van der Waals surface area contributed by atoms with Gasteiger partial charge in [0.05, 0.1) is 17.9 Å². The van der Waals surface area contributed by atoms with Crippen molar-refractivity contribution in [3.05, 3.63) is 60.7 Å². The van der Waals surface area contributed by atoms with Gasteiger partial charge in [-0.1, -0.05) is 0 Å². The van der Waals surface area contributed by atoms with Gasteiger partial charge in [-0.05, 0) is 56.3 Å². The van der Waals surface area contributed by atoms with Crippen LogP contribution in [0.5, 0.6) is 17.2 Å². The Morgan fingerprint density at radius 3 is 2.47 bits per heavy atom. The van der Waals surface area contributed by atoms with Gasteiger partial charge < -0.3 is 14.8 Å².